The van der Waals surface area contributed by atoms with Gasteiger partial charge in [0, 0.05) is 19.0 Å². The third-order valence-corrected chi connectivity index (χ3v) is 3.95. The maximum atomic E-state index is 11.5. The van der Waals surface area contributed by atoms with Crippen molar-refractivity contribution < 1.29 is 4.79 Å². The topological polar surface area (TPSA) is 72.3 Å². The van der Waals surface area contributed by atoms with Gasteiger partial charge in [0.25, 0.3) is 0 Å². The molecule has 1 aliphatic rings. The minimum absolute atomic E-state index is 0.119. The molecule has 0 saturated carbocycles. The standard InChI is InChI=1S/C15H23N3O/c16-10-13(12-6-2-1-3-7-12)11-18-9-5-4-8-14(18)15(17)19/h1-3,6-7,13-14H,4-5,8-11,16H2,(H2,17,19). The maximum absolute atomic E-state index is 11.5. The van der Waals surface area contributed by atoms with Crippen LogP contribution in [0.25, 0.3) is 0 Å². The Morgan fingerprint density at radius 2 is 2.05 bits per heavy atom. The van der Waals surface area contributed by atoms with E-state index in [9.17, 15) is 4.79 Å². The number of hydrogen-bond acceptors (Lipinski definition) is 3. The molecule has 0 bridgehead atoms. The molecule has 0 spiro atoms. The Labute approximate surface area is 114 Å². The predicted molar refractivity (Wildman–Crippen MR) is 76.6 cm³/mol. The molecule has 0 aromatic heterocycles. The van der Waals surface area contributed by atoms with Gasteiger partial charge >= 0.3 is 0 Å². The van der Waals surface area contributed by atoms with E-state index in [-0.39, 0.29) is 17.9 Å². The zero-order valence-electron chi connectivity index (χ0n) is 11.3. The third-order valence-electron chi connectivity index (χ3n) is 3.95. The first kappa shape index (κ1) is 14.0. The Morgan fingerprint density at radius 3 is 2.68 bits per heavy atom. The normalized spacial score (nSPS) is 22.1. The van der Waals surface area contributed by atoms with E-state index in [0.717, 1.165) is 32.4 Å². The van der Waals surface area contributed by atoms with Gasteiger partial charge in [0.2, 0.25) is 5.91 Å². The van der Waals surface area contributed by atoms with Crippen molar-refractivity contribution in [1.82, 2.24) is 4.90 Å². The largest absolute Gasteiger partial charge is 0.368 e. The van der Waals surface area contributed by atoms with Crippen LogP contribution in [0.5, 0.6) is 0 Å². The van der Waals surface area contributed by atoms with Gasteiger partial charge in [-0.15, -0.1) is 0 Å². The number of nitrogens with two attached hydrogens (primary N) is 2. The van der Waals surface area contributed by atoms with Crippen molar-refractivity contribution >= 4 is 5.91 Å². The highest BCUT2D eigenvalue weighted by molar-refractivity contribution is 5.79. The summed E-state index contributed by atoms with van der Waals surface area (Å²) in [5.74, 6) is 0.0599. The number of carbonyl (C=O) groups is 1. The Balaban J connectivity index is 2.06. The lowest BCUT2D eigenvalue weighted by Crippen LogP contribution is -2.49. The molecule has 0 aliphatic carbocycles. The molecule has 1 aromatic rings. The van der Waals surface area contributed by atoms with Crippen molar-refractivity contribution in [2.45, 2.75) is 31.2 Å². The predicted octanol–water partition coefficient (Wildman–Crippen LogP) is 1.07. The molecule has 2 unspecified atom stereocenters. The van der Waals surface area contributed by atoms with Crippen molar-refractivity contribution in [3.8, 4) is 0 Å². The number of likely N-dealkylation sites (tertiary alicyclic amines) is 1. The highest BCUT2D eigenvalue weighted by Gasteiger charge is 2.28. The van der Waals surface area contributed by atoms with Gasteiger partial charge in [-0.25, -0.2) is 0 Å². The van der Waals surface area contributed by atoms with Crippen LogP contribution in [0.3, 0.4) is 0 Å². The molecule has 1 saturated heterocycles. The van der Waals surface area contributed by atoms with Gasteiger partial charge in [-0.2, -0.15) is 0 Å². The summed E-state index contributed by atoms with van der Waals surface area (Å²) in [5, 5.41) is 0. The molecule has 104 valence electrons. The molecule has 1 amide bonds. The number of hydrogen-bond donors (Lipinski definition) is 2. The van der Waals surface area contributed by atoms with Crippen molar-refractivity contribution in [2.75, 3.05) is 19.6 Å². The van der Waals surface area contributed by atoms with Gasteiger partial charge < -0.3 is 11.5 Å². The van der Waals surface area contributed by atoms with Crippen LogP contribution in [0.2, 0.25) is 0 Å². The van der Waals surface area contributed by atoms with Crippen LogP contribution in [-0.4, -0.2) is 36.5 Å². The number of rotatable bonds is 5. The lowest BCUT2D eigenvalue weighted by Gasteiger charge is -2.36. The molecule has 1 fully saturated rings. The van der Waals surface area contributed by atoms with Gasteiger partial charge in [0.15, 0.2) is 0 Å². The molecule has 4 N–H and O–H groups in total. The second kappa shape index (κ2) is 6.68. The molecule has 1 aliphatic heterocycles. The van der Waals surface area contributed by atoms with Gasteiger partial charge in [-0.3, -0.25) is 9.69 Å². The molecule has 1 heterocycles. The number of primary amides is 1. The van der Waals surface area contributed by atoms with Gasteiger partial charge in [0.1, 0.15) is 0 Å². The molecular formula is C15H23N3O. The van der Waals surface area contributed by atoms with Crippen molar-refractivity contribution in [3.05, 3.63) is 35.9 Å². The van der Waals surface area contributed by atoms with Crippen LogP contribution in [-0.2, 0) is 4.79 Å². The van der Waals surface area contributed by atoms with Crippen molar-refractivity contribution in [1.29, 1.82) is 0 Å². The molecule has 4 nitrogen and oxygen atoms in total. The first-order valence-electron chi connectivity index (χ1n) is 7.00. The van der Waals surface area contributed by atoms with Crippen LogP contribution in [0, 0.1) is 0 Å². The van der Waals surface area contributed by atoms with Crippen molar-refractivity contribution in [3.63, 3.8) is 0 Å². The van der Waals surface area contributed by atoms with Gasteiger partial charge in [-0.1, -0.05) is 36.8 Å². The van der Waals surface area contributed by atoms with Crippen LogP contribution >= 0.6 is 0 Å². The smallest absolute Gasteiger partial charge is 0.234 e. The van der Waals surface area contributed by atoms with E-state index in [1.807, 2.05) is 18.2 Å². The summed E-state index contributed by atoms with van der Waals surface area (Å²) < 4.78 is 0. The molecule has 4 heteroatoms. The molecule has 2 rings (SSSR count). The molecule has 19 heavy (non-hydrogen) atoms. The number of amides is 1. The fourth-order valence-electron chi connectivity index (χ4n) is 2.86. The number of piperidine rings is 1. The Bertz CT molecular complexity index is 407. The highest BCUT2D eigenvalue weighted by Crippen LogP contribution is 2.22. The SMILES string of the molecule is NCC(CN1CCCCC1C(N)=O)c1ccccc1. The zero-order valence-corrected chi connectivity index (χ0v) is 11.3. The lowest BCUT2D eigenvalue weighted by atomic mass is 9.95. The average molecular weight is 261 g/mol. The summed E-state index contributed by atoms with van der Waals surface area (Å²) in [6.45, 7) is 2.34. The summed E-state index contributed by atoms with van der Waals surface area (Å²) in [5.41, 5.74) is 12.6. The van der Waals surface area contributed by atoms with E-state index < -0.39 is 0 Å². The second-order valence-electron chi connectivity index (χ2n) is 5.25. The fourth-order valence-corrected chi connectivity index (χ4v) is 2.86. The first-order valence-corrected chi connectivity index (χ1v) is 7.00. The van der Waals surface area contributed by atoms with E-state index in [2.05, 4.69) is 17.0 Å². The second-order valence-corrected chi connectivity index (χ2v) is 5.25. The Kier molecular flexibility index (Phi) is 4.93. The third kappa shape index (κ3) is 3.55. The van der Waals surface area contributed by atoms with Gasteiger partial charge in [-0.05, 0) is 24.9 Å². The minimum Gasteiger partial charge on any atom is -0.368 e. The maximum Gasteiger partial charge on any atom is 0.234 e. The molecule has 1 aromatic carbocycles. The van der Waals surface area contributed by atoms with Gasteiger partial charge in [0.05, 0.1) is 6.04 Å². The average Bonchev–Trinajstić information content (AvgIpc) is 2.46. The number of nitrogens with zero attached hydrogens (tertiary/aromatic N) is 1. The van der Waals surface area contributed by atoms with Crippen LogP contribution in [0.15, 0.2) is 30.3 Å². The van der Waals surface area contributed by atoms with E-state index in [1.54, 1.807) is 0 Å². The molecule has 2 atom stereocenters. The van der Waals surface area contributed by atoms with E-state index in [0.29, 0.717) is 6.54 Å². The van der Waals surface area contributed by atoms with E-state index >= 15 is 0 Å². The van der Waals surface area contributed by atoms with Crippen molar-refractivity contribution in [2.24, 2.45) is 11.5 Å². The van der Waals surface area contributed by atoms with Crippen LogP contribution in [0.4, 0.5) is 0 Å². The zero-order chi connectivity index (χ0) is 13.7. The van der Waals surface area contributed by atoms with Crippen LogP contribution < -0.4 is 11.5 Å². The monoisotopic (exact) mass is 261 g/mol. The summed E-state index contributed by atoms with van der Waals surface area (Å²) in [7, 11) is 0. The minimum atomic E-state index is -0.205. The fraction of sp³-hybridized carbons (Fsp3) is 0.533. The molecular weight excluding hydrogens is 238 g/mol. The number of benzene rings is 1. The quantitative estimate of drug-likeness (QED) is 0.832. The summed E-state index contributed by atoms with van der Waals surface area (Å²) in [6, 6.07) is 10.1. The summed E-state index contributed by atoms with van der Waals surface area (Å²) >= 11 is 0. The van der Waals surface area contributed by atoms with E-state index in [4.69, 9.17) is 11.5 Å². The van der Waals surface area contributed by atoms with E-state index in [1.165, 1.54) is 5.56 Å². The Hall–Kier alpha value is -1.39. The Morgan fingerprint density at radius 1 is 1.32 bits per heavy atom. The number of carbonyl (C=O) groups excluding carboxylic acids is 1. The first-order chi connectivity index (χ1) is 9.22. The lowest BCUT2D eigenvalue weighted by molar-refractivity contribution is -0.124. The summed E-state index contributed by atoms with van der Waals surface area (Å²) in [4.78, 5) is 13.7. The summed E-state index contributed by atoms with van der Waals surface area (Å²) in [6.07, 6.45) is 3.10. The highest BCUT2D eigenvalue weighted by atomic mass is 16.1. The van der Waals surface area contributed by atoms with Crippen LogP contribution in [0.1, 0.15) is 30.7 Å². The molecule has 0 radical (unpaired) electrons.